The number of fused-ring (bicyclic) bond motifs is 11. The van der Waals surface area contributed by atoms with Crippen molar-refractivity contribution in [1.82, 2.24) is 19.1 Å². The lowest BCUT2D eigenvalue weighted by Crippen LogP contribution is -2.09. The molecule has 0 bridgehead atoms. The second-order valence-electron chi connectivity index (χ2n) is 14.5. The van der Waals surface area contributed by atoms with E-state index in [0.29, 0.717) is 0 Å². The molecule has 0 amide bonds. The standard InChI is InChI=1S/C50H32N4S/c1-3-13-31(14-4-1)47-40-27-26-39-38-19-9-12-22-46(38)55-49(39)48(40)52-50(51-47)54-43-21-11-8-18-36(43)41-29-32(24-28-44(41)54)33-23-25-37-35-17-7-10-20-42(35)53(45(37)30-33)34-15-5-2-6-16-34/h1-23,25-27,29-30H,24,28H2. The van der Waals surface area contributed by atoms with Crippen LogP contribution < -0.4 is 0 Å². The van der Waals surface area contributed by atoms with E-state index < -0.39 is 0 Å². The molecule has 4 aromatic heterocycles. The SMILES string of the molecule is C1=C(c2ccc3c4ccccc4n(-c4ccccc4)c3c2)CCc2c1c1ccccc1n2-c1nc(-c2ccccc2)c2ccc3c4ccccc4sc3c2n1. The summed E-state index contributed by atoms with van der Waals surface area (Å²) in [5, 5.41) is 7.35. The molecular weight excluding hydrogens is 689 g/mol. The Morgan fingerprint density at radius 2 is 1.13 bits per heavy atom. The van der Waals surface area contributed by atoms with Crippen LogP contribution in [0.2, 0.25) is 0 Å². The van der Waals surface area contributed by atoms with E-state index in [9.17, 15) is 0 Å². The summed E-state index contributed by atoms with van der Waals surface area (Å²) in [5.41, 5.74) is 12.9. The smallest absolute Gasteiger partial charge is 0.235 e. The highest BCUT2D eigenvalue weighted by Crippen LogP contribution is 2.43. The van der Waals surface area contributed by atoms with E-state index in [1.54, 1.807) is 0 Å². The molecule has 55 heavy (non-hydrogen) atoms. The summed E-state index contributed by atoms with van der Waals surface area (Å²) in [5.74, 6) is 0.722. The van der Waals surface area contributed by atoms with Gasteiger partial charge in [-0.05, 0) is 72.5 Å². The average Bonchev–Trinajstić information content (AvgIpc) is 3.91. The average molecular weight is 721 g/mol. The Balaban J connectivity index is 1.08. The number of hydrogen-bond donors (Lipinski definition) is 0. The number of para-hydroxylation sites is 3. The summed E-state index contributed by atoms with van der Waals surface area (Å²) in [6, 6.07) is 59.0. The number of hydrogen-bond acceptors (Lipinski definition) is 3. The van der Waals surface area contributed by atoms with Crippen molar-refractivity contribution >= 4 is 86.8 Å². The molecule has 7 aromatic carbocycles. The summed E-state index contributed by atoms with van der Waals surface area (Å²) >= 11 is 1.82. The van der Waals surface area contributed by atoms with Gasteiger partial charge in [0.15, 0.2) is 0 Å². The van der Waals surface area contributed by atoms with Crippen molar-refractivity contribution in [1.29, 1.82) is 0 Å². The van der Waals surface area contributed by atoms with E-state index in [2.05, 4.69) is 179 Å². The molecule has 258 valence electrons. The zero-order valence-electron chi connectivity index (χ0n) is 29.8. The Hall–Kier alpha value is -6.82. The fourth-order valence-electron chi connectivity index (χ4n) is 8.98. The number of thiophene rings is 1. The van der Waals surface area contributed by atoms with E-state index in [0.717, 1.165) is 46.5 Å². The lowest BCUT2D eigenvalue weighted by molar-refractivity contribution is 0.859. The third-order valence-corrected chi connectivity index (χ3v) is 12.7. The maximum atomic E-state index is 5.49. The van der Waals surface area contributed by atoms with Crippen LogP contribution >= 0.6 is 11.3 Å². The first-order chi connectivity index (χ1) is 27.3. The zero-order chi connectivity index (χ0) is 36.0. The molecule has 0 spiro atoms. The molecule has 1 aliphatic rings. The number of aromatic nitrogens is 4. The van der Waals surface area contributed by atoms with Gasteiger partial charge in [0.25, 0.3) is 0 Å². The maximum Gasteiger partial charge on any atom is 0.235 e. The van der Waals surface area contributed by atoms with Crippen molar-refractivity contribution in [3.8, 4) is 22.9 Å². The van der Waals surface area contributed by atoms with E-state index >= 15 is 0 Å². The number of benzene rings is 7. The van der Waals surface area contributed by atoms with Crippen molar-refractivity contribution in [2.75, 3.05) is 0 Å². The van der Waals surface area contributed by atoms with Gasteiger partial charge in [0.2, 0.25) is 5.95 Å². The van der Waals surface area contributed by atoms with Crippen LogP contribution in [0.4, 0.5) is 0 Å². The predicted octanol–water partition coefficient (Wildman–Crippen LogP) is 13.2. The Morgan fingerprint density at radius 3 is 1.96 bits per heavy atom. The van der Waals surface area contributed by atoms with Gasteiger partial charge in [0, 0.05) is 59.5 Å². The van der Waals surface area contributed by atoms with Crippen LogP contribution in [0.15, 0.2) is 164 Å². The second-order valence-corrected chi connectivity index (χ2v) is 15.5. The molecule has 0 unspecified atom stereocenters. The highest BCUT2D eigenvalue weighted by molar-refractivity contribution is 7.26. The summed E-state index contributed by atoms with van der Waals surface area (Å²) in [4.78, 5) is 10.9. The van der Waals surface area contributed by atoms with Gasteiger partial charge in [0.05, 0.1) is 32.5 Å². The second kappa shape index (κ2) is 11.8. The Morgan fingerprint density at radius 1 is 0.473 bits per heavy atom. The Labute approximate surface area is 320 Å². The molecule has 0 fully saturated rings. The van der Waals surface area contributed by atoms with Crippen molar-refractivity contribution in [2.45, 2.75) is 12.8 Å². The van der Waals surface area contributed by atoms with Gasteiger partial charge < -0.3 is 4.57 Å². The third kappa shape index (κ3) is 4.57. The summed E-state index contributed by atoms with van der Waals surface area (Å²) in [7, 11) is 0. The topological polar surface area (TPSA) is 35.6 Å². The first-order valence-corrected chi connectivity index (χ1v) is 19.7. The molecule has 5 heteroatoms. The lowest BCUT2D eigenvalue weighted by atomic mass is 9.91. The van der Waals surface area contributed by atoms with E-state index in [-0.39, 0.29) is 0 Å². The van der Waals surface area contributed by atoms with Gasteiger partial charge in [-0.25, -0.2) is 9.97 Å². The highest BCUT2D eigenvalue weighted by atomic mass is 32.1. The minimum atomic E-state index is 0.722. The first kappa shape index (κ1) is 30.6. The Kier molecular flexibility index (Phi) is 6.59. The van der Waals surface area contributed by atoms with Gasteiger partial charge in [-0.2, -0.15) is 0 Å². The van der Waals surface area contributed by atoms with Crippen molar-refractivity contribution in [3.63, 3.8) is 0 Å². The molecule has 0 radical (unpaired) electrons. The molecule has 1 aliphatic carbocycles. The van der Waals surface area contributed by atoms with E-state index in [4.69, 9.17) is 9.97 Å². The molecule has 0 saturated carbocycles. The normalized spacial score (nSPS) is 13.1. The largest absolute Gasteiger partial charge is 0.309 e. The van der Waals surface area contributed by atoms with Gasteiger partial charge >= 0.3 is 0 Å². The van der Waals surface area contributed by atoms with Crippen molar-refractivity contribution in [3.05, 3.63) is 181 Å². The van der Waals surface area contributed by atoms with Crippen LogP contribution in [0.1, 0.15) is 23.2 Å². The maximum absolute atomic E-state index is 5.49. The van der Waals surface area contributed by atoms with Gasteiger partial charge in [-0.3, -0.25) is 4.57 Å². The summed E-state index contributed by atoms with van der Waals surface area (Å²) in [6.45, 7) is 0. The van der Waals surface area contributed by atoms with Crippen LogP contribution in [0.5, 0.6) is 0 Å². The molecule has 4 nitrogen and oxygen atoms in total. The van der Waals surface area contributed by atoms with Gasteiger partial charge in [-0.15, -0.1) is 11.3 Å². The zero-order valence-corrected chi connectivity index (χ0v) is 30.6. The van der Waals surface area contributed by atoms with Crippen LogP contribution in [-0.4, -0.2) is 19.1 Å². The minimum absolute atomic E-state index is 0.722. The van der Waals surface area contributed by atoms with Crippen molar-refractivity contribution < 1.29 is 0 Å². The first-order valence-electron chi connectivity index (χ1n) is 18.9. The monoisotopic (exact) mass is 720 g/mol. The van der Waals surface area contributed by atoms with Crippen molar-refractivity contribution in [2.24, 2.45) is 0 Å². The fourth-order valence-corrected chi connectivity index (χ4v) is 10.2. The number of nitrogens with zero attached hydrogens (tertiary/aromatic N) is 4. The lowest BCUT2D eigenvalue weighted by Gasteiger charge is -2.18. The molecule has 0 atom stereocenters. The van der Waals surface area contributed by atoms with E-state index in [1.165, 1.54) is 75.4 Å². The van der Waals surface area contributed by atoms with Gasteiger partial charge in [-0.1, -0.05) is 121 Å². The van der Waals surface area contributed by atoms with Crippen LogP contribution in [0, 0.1) is 0 Å². The molecule has 0 N–H and O–H groups in total. The van der Waals surface area contributed by atoms with Crippen LogP contribution in [0.25, 0.3) is 98.3 Å². The third-order valence-electron chi connectivity index (χ3n) is 11.5. The summed E-state index contributed by atoms with van der Waals surface area (Å²) < 4.78 is 7.22. The minimum Gasteiger partial charge on any atom is -0.309 e. The molecular formula is C50H32N4S. The molecule has 12 rings (SSSR count). The van der Waals surface area contributed by atoms with Crippen LogP contribution in [0.3, 0.4) is 0 Å². The van der Waals surface area contributed by atoms with Crippen LogP contribution in [-0.2, 0) is 6.42 Å². The number of allylic oxidation sites excluding steroid dienone is 1. The molecule has 0 aliphatic heterocycles. The predicted molar refractivity (Wildman–Crippen MR) is 232 cm³/mol. The fraction of sp³-hybridized carbons (Fsp3) is 0.0400. The number of rotatable bonds is 4. The Bertz CT molecular complexity index is 3370. The molecule has 11 aromatic rings. The van der Waals surface area contributed by atoms with Gasteiger partial charge in [0.1, 0.15) is 0 Å². The highest BCUT2D eigenvalue weighted by Gasteiger charge is 2.25. The van der Waals surface area contributed by atoms with E-state index in [1.807, 2.05) is 11.3 Å². The molecule has 0 saturated heterocycles. The molecule has 4 heterocycles. The quantitative estimate of drug-likeness (QED) is 0.181. The summed E-state index contributed by atoms with van der Waals surface area (Å²) in [6.07, 6.45) is 4.22.